The van der Waals surface area contributed by atoms with Crippen LogP contribution in [0.4, 0.5) is 0 Å². The highest BCUT2D eigenvalue weighted by atomic mass is 35.5. The molecular weight excluding hydrogens is 438 g/mol. The molecule has 2 aromatic carbocycles. The van der Waals surface area contributed by atoms with E-state index < -0.39 is 5.54 Å². The van der Waals surface area contributed by atoms with Crippen molar-refractivity contribution in [3.05, 3.63) is 70.9 Å². The summed E-state index contributed by atoms with van der Waals surface area (Å²) in [6.45, 7) is 7.54. The van der Waals surface area contributed by atoms with Crippen LogP contribution in [0.1, 0.15) is 43.2 Å². The second kappa shape index (κ2) is 9.57. The largest absolute Gasteiger partial charge is 0.379 e. The van der Waals surface area contributed by atoms with Crippen LogP contribution < -0.4 is 5.32 Å². The van der Waals surface area contributed by atoms with Gasteiger partial charge in [-0.3, -0.25) is 9.59 Å². The molecule has 3 aromatic rings. The van der Waals surface area contributed by atoms with Crippen molar-refractivity contribution in [1.82, 2.24) is 14.8 Å². The molecule has 33 heavy (non-hydrogen) atoms. The van der Waals surface area contributed by atoms with Gasteiger partial charge in [0.15, 0.2) is 0 Å². The molecule has 1 aliphatic heterocycles. The first-order valence-corrected chi connectivity index (χ1v) is 11.7. The van der Waals surface area contributed by atoms with Crippen LogP contribution in [0.25, 0.3) is 10.9 Å². The van der Waals surface area contributed by atoms with Crippen LogP contribution in [-0.4, -0.2) is 46.1 Å². The van der Waals surface area contributed by atoms with Crippen LogP contribution in [0.15, 0.2) is 54.6 Å². The fraction of sp³-hybridized carbons (Fsp3) is 0.385. The Hall–Kier alpha value is -2.83. The first kappa shape index (κ1) is 23.3. The predicted octanol–water partition coefficient (Wildman–Crippen LogP) is 4.64. The van der Waals surface area contributed by atoms with Crippen LogP contribution in [-0.2, 0) is 22.6 Å². The summed E-state index contributed by atoms with van der Waals surface area (Å²) in [6.07, 6.45) is 0.864. The van der Waals surface area contributed by atoms with Crippen molar-refractivity contribution in [1.29, 1.82) is 0 Å². The molecule has 1 atom stereocenters. The Morgan fingerprint density at radius 1 is 1.18 bits per heavy atom. The summed E-state index contributed by atoms with van der Waals surface area (Å²) in [5.74, 6) is -0.343. The monoisotopic (exact) mass is 467 g/mol. The van der Waals surface area contributed by atoms with Crippen LogP contribution in [0.5, 0.6) is 0 Å². The number of nitrogens with zero attached hydrogens (tertiary/aromatic N) is 2. The number of benzene rings is 2. The molecule has 0 spiro atoms. The fourth-order valence-corrected chi connectivity index (χ4v) is 4.57. The maximum absolute atomic E-state index is 13.7. The van der Waals surface area contributed by atoms with Gasteiger partial charge in [0.25, 0.3) is 5.91 Å². The number of carbonyl (C=O) groups is 2. The number of halogens is 1. The Labute approximate surface area is 199 Å². The van der Waals surface area contributed by atoms with Crippen molar-refractivity contribution in [2.45, 2.75) is 51.9 Å². The molecule has 0 aliphatic carbocycles. The maximum atomic E-state index is 13.7. The van der Waals surface area contributed by atoms with Crippen LogP contribution >= 0.6 is 11.6 Å². The number of ether oxygens (including phenoxy) is 1. The van der Waals surface area contributed by atoms with Crippen molar-refractivity contribution in [3.63, 3.8) is 0 Å². The number of rotatable bonds is 8. The number of para-hydroxylation sites is 1. The zero-order valence-corrected chi connectivity index (χ0v) is 20.1. The minimum absolute atomic E-state index is 0.155. The number of hydrogen-bond acceptors (Lipinski definition) is 3. The van der Waals surface area contributed by atoms with E-state index in [0.29, 0.717) is 43.4 Å². The Kier molecular flexibility index (Phi) is 6.77. The second-order valence-corrected chi connectivity index (χ2v) is 9.44. The molecule has 0 fully saturated rings. The lowest BCUT2D eigenvalue weighted by Gasteiger charge is -2.44. The summed E-state index contributed by atoms with van der Waals surface area (Å²) >= 11 is 6.19. The van der Waals surface area contributed by atoms with Crippen molar-refractivity contribution >= 4 is 34.3 Å². The first-order valence-electron chi connectivity index (χ1n) is 11.3. The van der Waals surface area contributed by atoms with Gasteiger partial charge in [-0.05, 0) is 57.0 Å². The molecule has 4 rings (SSSR count). The standard InChI is InChI=1S/C26H30ClN3O3/c1-18(2)33-13-7-12-28-25(32)26(3)17-29-22-11-5-4-9-20(22)15-23(29)24(31)30(26)16-19-8-6-10-21(27)14-19/h4-6,8-11,14-15,18H,7,12-13,16-17H2,1-3H3,(H,28,32). The van der Waals surface area contributed by atoms with E-state index in [-0.39, 0.29) is 17.9 Å². The van der Waals surface area contributed by atoms with Gasteiger partial charge in [0.1, 0.15) is 11.2 Å². The van der Waals surface area contributed by atoms with Crippen molar-refractivity contribution in [2.24, 2.45) is 0 Å². The fourth-order valence-electron chi connectivity index (χ4n) is 4.36. The summed E-state index contributed by atoms with van der Waals surface area (Å²) in [5.41, 5.74) is 1.36. The third kappa shape index (κ3) is 4.77. The molecule has 1 unspecified atom stereocenters. The lowest BCUT2D eigenvalue weighted by molar-refractivity contribution is -0.133. The highest BCUT2D eigenvalue weighted by Crippen LogP contribution is 2.33. The van der Waals surface area contributed by atoms with Gasteiger partial charge in [-0.2, -0.15) is 0 Å². The van der Waals surface area contributed by atoms with E-state index in [2.05, 4.69) is 5.32 Å². The van der Waals surface area contributed by atoms with Crippen LogP contribution in [0, 0.1) is 0 Å². The van der Waals surface area contributed by atoms with Gasteiger partial charge in [-0.25, -0.2) is 0 Å². The van der Waals surface area contributed by atoms with Gasteiger partial charge in [0, 0.05) is 35.6 Å². The molecular formula is C26H30ClN3O3. The Morgan fingerprint density at radius 3 is 2.73 bits per heavy atom. The van der Waals surface area contributed by atoms with Gasteiger partial charge >= 0.3 is 0 Å². The van der Waals surface area contributed by atoms with Crippen LogP contribution in [0.2, 0.25) is 5.02 Å². The van der Waals surface area contributed by atoms with E-state index in [4.69, 9.17) is 16.3 Å². The van der Waals surface area contributed by atoms with Crippen molar-refractivity contribution in [2.75, 3.05) is 13.2 Å². The van der Waals surface area contributed by atoms with E-state index in [1.165, 1.54) is 0 Å². The molecule has 2 amide bonds. The summed E-state index contributed by atoms with van der Waals surface area (Å²) in [4.78, 5) is 28.9. The number of amides is 2. The molecule has 0 saturated heterocycles. The van der Waals surface area contributed by atoms with E-state index in [0.717, 1.165) is 16.5 Å². The predicted molar refractivity (Wildman–Crippen MR) is 130 cm³/mol. The zero-order chi connectivity index (χ0) is 23.6. The normalized spacial score (nSPS) is 18.1. The average molecular weight is 468 g/mol. The molecule has 6 nitrogen and oxygen atoms in total. The molecule has 1 aromatic heterocycles. The summed E-state index contributed by atoms with van der Waals surface area (Å²) in [5, 5.41) is 4.62. The molecule has 7 heteroatoms. The topological polar surface area (TPSA) is 63.6 Å². The van der Waals surface area contributed by atoms with Gasteiger partial charge in [0.2, 0.25) is 5.91 Å². The van der Waals surface area contributed by atoms with Crippen LogP contribution in [0.3, 0.4) is 0 Å². The van der Waals surface area contributed by atoms with Crippen molar-refractivity contribution < 1.29 is 14.3 Å². The SMILES string of the molecule is CC(C)OCCCNC(=O)C1(C)Cn2c(cc3ccccc32)C(=O)N1Cc1cccc(Cl)c1. The third-order valence-electron chi connectivity index (χ3n) is 6.11. The highest BCUT2D eigenvalue weighted by Gasteiger charge is 2.47. The number of hydrogen-bond donors (Lipinski definition) is 1. The molecule has 0 radical (unpaired) electrons. The minimum Gasteiger partial charge on any atom is -0.379 e. The van der Waals surface area contributed by atoms with Gasteiger partial charge in [0.05, 0.1) is 12.6 Å². The molecule has 1 N–H and O–H groups in total. The van der Waals surface area contributed by atoms with E-state index in [9.17, 15) is 9.59 Å². The smallest absolute Gasteiger partial charge is 0.271 e. The molecule has 0 bridgehead atoms. The first-order chi connectivity index (χ1) is 15.8. The quantitative estimate of drug-likeness (QED) is 0.491. The number of fused-ring (bicyclic) bond motifs is 3. The molecule has 2 heterocycles. The molecule has 0 saturated carbocycles. The maximum Gasteiger partial charge on any atom is 0.271 e. The van der Waals surface area contributed by atoms with Crippen molar-refractivity contribution in [3.8, 4) is 0 Å². The summed E-state index contributed by atoms with van der Waals surface area (Å²) in [6, 6.07) is 17.2. The highest BCUT2D eigenvalue weighted by molar-refractivity contribution is 6.30. The lowest BCUT2D eigenvalue weighted by atomic mass is 9.93. The Balaban J connectivity index is 1.65. The number of nitrogens with one attached hydrogen (secondary N) is 1. The van der Waals surface area contributed by atoms with Gasteiger partial charge in [-0.15, -0.1) is 0 Å². The lowest BCUT2D eigenvalue weighted by Crippen LogP contribution is -2.63. The van der Waals surface area contributed by atoms with Gasteiger partial charge in [-0.1, -0.05) is 41.9 Å². The van der Waals surface area contributed by atoms with E-state index >= 15 is 0 Å². The van der Waals surface area contributed by atoms with E-state index in [1.807, 2.05) is 73.9 Å². The van der Waals surface area contributed by atoms with Gasteiger partial charge < -0.3 is 19.5 Å². The average Bonchev–Trinajstić information content (AvgIpc) is 3.14. The summed E-state index contributed by atoms with van der Waals surface area (Å²) < 4.78 is 7.54. The zero-order valence-electron chi connectivity index (χ0n) is 19.3. The molecule has 174 valence electrons. The number of carbonyl (C=O) groups excluding carboxylic acids is 2. The molecule has 1 aliphatic rings. The Bertz CT molecular complexity index is 1170. The summed E-state index contributed by atoms with van der Waals surface area (Å²) in [7, 11) is 0. The minimum atomic E-state index is -1.06. The second-order valence-electron chi connectivity index (χ2n) is 9.00. The van der Waals surface area contributed by atoms with E-state index in [1.54, 1.807) is 11.0 Å². The Morgan fingerprint density at radius 2 is 1.97 bits per heavy atom. The number of aromatic nitrogens is 1. The third-order valence-corrected chi connectivity index (χ3v) is 6.35.